The normalized spacial score (nSPS) is 10.7. The monoisotopic (exact) mass is 238 g/mol. The molecule has 0 aliphatic carbocycles. The molecule has 0 fully saturated rings. The van der Waals surface area contributed by atoms with E-state index in [9.17, 15) is 0 Å². The lowest BCUT2D eigenvalue weighted by atomic mass is 9.93. The summed E-state index contributed by atoms with van der Waals surface area (Å²) in [5.74, 6) is 0. The Balaban J connectivity index is 2.40. The van der Waals surface area contributed by atoms with Gasteiger partial charge in [0.05, 0.1) is 0 Å². The van der Waals surface area contributed by atoms with Crippen molar-refractivity contribution in [3.63, 3.8) is 0 Å². The summed E-state index contributed by atoms with van der Waals surface area (Å²) in [4.78, 5) is 0. The minimum Gasteiger partial charge on any atom is -0.0564 e. The summed E-state index contributed by atoms with van der Waals surface area (Å²) < 4.78 is 0. The van der Waals surface area contributed by atoms with Gasteiger partial charge in [-0.25, -0.2) is 0 Å². The molecule has 0 N–H and O–H groups in total. The fourth-order valence-corrected chi connectivity index (χ4v) is 2.86. The molecule has 18 heavy (non-hydrogen) atoms. The van der Waals surface area contributed by atoms with Gasteiger partial charge in [-0.1, -0.05) is 47.0 Å². The summed E-state index contributed by atoms with van der Waals surface area (Å²) in [6, 6.07) is 11.4. The van der Waals surface area contributed by atoms with Crippen LogP contribution in [0.2, 0.25) is 0 Å². The second kappa shape index (κ2) is 4.97. The number of hydrogen-bond acceptors (Lipinski definition) is 0. The van der Waals surface area contributed by atoms with Crippen molar-refractivity contribution in [2.24, 2.45) is 0 Å². The number of hydrogen-bond donors (Lipinski definition) is 0. The predicted octanol–water partition coefficient (Wildman–Crippen LogP) is 4.82. The van der Waals surface area contributed by atoms with Crippen molar-refractivity contribution in [1.82, 2.24) is 0 Å². The highest BCUT2D eigenvalue weighted by atomic mass is 14.1. The predicted molar refractivity (Wildman–Crippen MR) is 79.4 cm³/mol. The highest BCUT2D eigenvalue weighted by molar-refractivity contribution is 5.42. The molecule has 0 bridgehead atoms. The second-order valence-electron chi connectivity index (χ2n) is 5.55. The Hall–Kier alpha value is -1.56. The fourth-order valence-electron chi connectivity index (χ4n) is 2.86. The molecule has 0 unspecified atom stereocenters. The van der Waals surface area contributed by atoms with Gasteiger partial charge in [-0.2, -0.15) is 0 Å². The molecule has 0 saturated carbocycles. The average Bonchev–Trinajstić information content (AvgIpc) is 2.22. The quantitative estimate of drug-likeness (QED) is 0.703. The van der Waals surface area contributed by atoms with Gasteiger partial charge in [-0.05, 0) is 63.3 Å². The van der Waals surface area contributed by atoms with Gasteiger partial charge in [0.25, 0.3) is 0 Å². The van der Waals surface area contributed by atoms with Gasteiger partial charge in [-0.3, -0.25) is 0 Å². The van der Waals surface area contributed by atoms with Crippen LogP contribution < -0.4 is 0 Å². The Labute approximate surface area is 111 Å². The van der Waals surface area contributed by atoms with Crippen molar-refractivity contribution >= 4 is 0 Å². The molecule has 0 atom stereocenters. The summed E-state index contributed by atoms with van der Waals surface area (Å²) >= 11 is 0. The van der Waals surface area contributed by atoms with E-state index in [2.05, 4.69) is 65.0 Å². The maximum absolute atomic E-state index is 2.30. The van der Waals surface area contributed by atoms with Crippen LogP contribution >= 0.6 is 0 Å². The fraction of sp³-hybridized carbons (Fsp3) is 0.333. The number of rotatable bonds is 2. The van der Waals surface area contributed by atoms with E-state index in [-0.39, 0.29) is 0 Å². The lowest BCUT2D eigenvalue weighted by Gasteiger charge is -2.12. The zero-order chi connectivity index (χ0) is 13.3. The minimum absolute atomic E-state index is 1.04. The van der Waals surface area contributed by atoms with Crippen LogP contribution in [0.3, 0.4) is 0 Å². The Morgan fingerprint density at radius 1 is 0.611 bits per heavy atom. The van der Waals surface area contributed by atoms with Crippen molar-refractivity contribution in [3.8, 4) is 0 Å². The van der Waals surface area contributed by atoms with Gasteiger partial charge in [-0.15, -0.1) is 0 Å². The van der Waals surface area contributed by atoms with Crippen LogP contribution in [0.4, 0.5) is 0 Å². The van der Waals surface area contributed by atoms with Gasteiger partial charge in [0.2, 0.25) is 0 Å². The van der Waals surface area contributed by atoms with Gasteiger partial charge in [0, 0.05) is 0 Å². The van der Waals surface area contributed by atoms with Crippen molar-refractivity contribution in [2.75, 3.05) is 0 Å². The van der Waals surface area contributed by atoms with Crippen LogP contribution in [0, 0.1) is 34.6 Å². The SMILES string of the molecule is Cc1cc(C)cc(Cc2c(C)cc(C)cc2C)c1. The summed E-state index contributed by atoms with van der Waals surface area (Å²) in [5.41, 5.74) is 9.78. The first-order chi connectivity index (χ1) is 8.45. The molecule has 2 rings (SSSR count). The molecule has 0 spiro atoms. The largest absolute Gasteiger partial charge is 0.0564 e. The first kappa shape index (κ1) is 12.9. The van der Waals surface area contributed by atoms with Gasteiger partial charge in [0.15, 0.2) is 0 Å². The molecule has 0 aliphatic rings. The van der Waals surface area contributed by atoms with Crippen LogP contribution in [0.1, 0.15) is 38.9 Å². The third-order valence-electron chi connectivity index (χ3n) is 3.50. The van der Waals surface area contributed by atoms with Crippen LogP contribution in [0.25, 0.3) is 0 Å². The Morgan fingerprint density at radius 2 is 1.06 bits per heavy atom. The van der Waals surface area contributed by atoms with Gasteiger partial charge < -0.3 is 0 Å². The number of aryl methyl sites for hydroxylation is 5. The smallest absolute Gasteiger partial charge is 0.00203 e. The lowest BCUT2D eigenvalue weighted by molar-refractivity contribution is 1.10. The summed E-state index contributed by atoms with van der Waals surface area (Å²) in [6.45, 7) is 11.0. The molecule has 0 heterocycles. The van der Waals surface area contributed by atoms with E-state index in [1.165, 1.54) is 38.9 Å². The first-order valence-corrected chi connectivity index (χ1v) is 6.59. The third-order valence-corrected chi connectivity index (χ3v) is 3.50. The van der Waals surface area contributed by atoms with Gasteiger partial charge in [0.1, 0.15) is 0 Å². The van der Waals surface area contributed by atoms with Crippen molar-refractivity contribution in [1.29, 1.82) is 0 Å². The Morgan fingerprint density at radius 3 is 1.56 bits per heavy atom. The molecule has 0 amide bonds. The molecule has 0 radical (unpaired) electrons. The Kier molecular flexibility index (Phi) is 3.56. The standard InChI is InChI=1S/C18H22/c1-12-6-13(2)10-17(9-12)11-18-15(4)7-14(3)8-16(18)5/h6-10H,11H2,1-5H3. The second-order valence-corrected chi connectivity index (χ2v) is 5.55. The van der Waals surface area contributed by atoms with Crippen LogP contribution in [0.15, 0.2) is 30.3 Å². The van der Waals surface area contributed by atoms with Gasteiger partial charge >= 0.3 is 0 Å². The average molecular weight is 238 g/mol. The highest BCUT2D eigenvalue weighted by Crippen LogP contribution is 2.21. The minimum atomic E-state index is 1.04. The van der Waals surface area contributed by atoms with Crippen molar-refractivity contribution in [3.05, 3.63) is 69.3 Å². The summed E-state index contributed by atoms with van der Waals surface area (Å²) in [5, 5.41) is 0. The molecule has 0 nitrogen and oxygen atoms in total. The molecule has 0 saturated heterocycles. The van der Waals surface area contributed by atoms with Crippen LogP contribution in [-0.2, 0) is 6.42 Å². The van der Waals surface area contributed by atoms with E-state index in [0.29, 0.717) is 0 Å². The third kappa shape index (κ3) is 2.81. The summed E-state index contributed by atoms with van der Waals surface area (Å²) in [6.07, 6.45) is 1.04. The maximum Gasteiger partial charge on any atom is -0.00203 e. The lowest BCUT2D eigenvalue weighted by Crippen LogP contribution is -1.97. The van der Waals surface area contributed by atoms with Crippen LogP contribution in [0.5, 0.6) is 0 Å². The van der Waals surface area contributed by atoms with Crippen molar-refractivity contribution < 1.29 is 0 Å². The molecule has 2 aromatic carbocycles. The Bertz CT molecular complexity index is 533. The number of benzene rings is 2. The molecule has 0 heteroatoms. The van der Waals surface area contributed by atoms with E-state index in [0.717, 1.165) is 6.42 Å². The van der Waals surface area contributed by atoms with E-state index in [1.54, 1.807) is 0 Å². The summed E-state index contributed by atoms with van der Waals surface area (Å²) in [7, 11) is 0. The zero-order valence-electron chi connectivity index (χ0n) is 12.1. The van der Waals surface area contributed by atoms with Crippen LogP contribution in [-0.4, -0.2) is 0 Å². The molecular formula is C18H22. The van der Waals surface area contributed by atoms with E-state index >= 15 is 0 Å². The highest BCUT2D eigenvalue weighted by Gasteiger charge is 2.05. The topological polar surface area (TPSA) is 0 Å². The van der Waals surface area contributed by atoms with E-state index in [1.807, 2.05) is 0 Å². The van der Waals surface area contributed by atoms with E-state index < -0.39 is 0 Å². The zero-order valence-corrected chi connectivity index (χ0v) is 12.1. The first-order valence-electron chi connectivity index (χ1n) is 6.59. The molecule has 2 aromatic rings. The maximum atomic E-state index is 2.30. The van der Waals surface area contributed by atoms with E-state index in [4.69, 9.17) is 0 Å². The molecule has 0 aliphatic heterocycles. The molecular weight excluding hydrogens is 216 g/mol. The van der Waals surface area contributed by atoms with Crippen molar-refractivity contribution in [2.45, 2.75) is 41.0 Å². The molecule has 0 aromatic heterocycles. The molecule has 94 valence electrons.